The molecule has 1 atom stereocenters. The van der Waals surface area contributed by atoms with Crippen molar-refractivity contribution in [1.82, 2.24) is 9.97 Å². The van der Waals surface area contributed by atoms with Gasteiger partial charge in [0, 0.05) is 20.2 Å². The summed E-state index contributed by atoms with van der Waals surface area (Å²) in [6.07, 6.45) is 8.48. The summed E-state index contributed by atoms with van der Waals surface area (Å²) in [6.45, 7) is 1.82. The number of ether oxygens (including phenoxy) is 2. The van der Waals surface area contributed by atoms with Gasteiger partial charge in [0.05, 0.1) is 25.6 Å². The third-order valence-electron chi connectivity index (χ3n) is 3.25. The largest absolute Gasteiger partial charge is 0.494 e. The standard InChI is InChI=1S/C13H21N3O2/c1-16(7-6-11-5-3-4-8-18-11)13-14-9-12(17-2)10-15-13/h9-11H,3-8H2,1-2H3. The fraction of sp³-hybridized carbons (Fsp3) is 0.692. The summed E-state index contributed by atoms with van der Waals surface area (Å²) in [5.41, 5.74) is 0. The van der Waals surface area contributed by atoms with E-state index in [9.17, 15) is 0 Å². The van der Waals surface area contributed by atoms with Gasteiger partial charge in [0.15, 0.2) is 5.75 Å². The highest BCUT2D eigenvalue weighted by atomic mass is 16.5. The van der Waals surface area contributed by atoms with E-state index in [0.29, 0.717) is 11.9 Å². The monoisotopic (exact) mass is 251 g/mol. The first kappa shape index (κ1) is 13.1. The average Bonchev–Trinajstić information content (AvgIpc) is 2.46. The second-order valence-electron chi connectivity index (χ2n) is 4.62. The van der Waals surface area contributed by atoms with Gasteiger partial charge in [0.25, 0.3) is 0 Å². The van der Waals surface area contributed by atoms with Crippen LogP contribution in [0.1, 0.15) is 25.7 Å². The molecule has 0 N–H and O–H groups in total. The van der Waals surface area contributed by atoms with Crippen LogP contribution < -0.4 is 9.64 Å². The molecule has 1 aliphatic rings. The van der Waals surface area contributed by atoms with Crippen LogP contribution in [0.4, 0.5) is 5.95 Å². The highest BCUT2D eigenvalue weighted by Crippen LogP contribution is 2.17. The van der Waals surface area contributed by atoms with Crippen LogP contribution in [0.3, 0.4) is 0 Å². The lowest BCUT2D eigenvalue weighted by Crippen LogP contribution is -2.27. The van der Waals surface area contributed by atoms with Crippen molar-refractivity contribution in [2.24, 2.45) is 0 Å². The number of hydrogen-bond donors (Lipinski definition) is 0. The van der Waals surface area contributed by atoms with Crippen LogP contribution in [0.15, 0.2) is 12.4 Å². The Morgan fingerprint density at radius 3 is 2.78 bits per heavy atom. The van der Waals surface area contributed by atoms with Gasteiger partial charge in [-0.2, -0.15) is 0 Å². The summed E-state index contributed by atoms with van der Waals surface area (Å²) < 4.78 is 10.8. The van der Waals surface area contributed by atoms with Crippen molar-refractivity contribution in [2.45, 2.75) is 31.8 Å². The first-order valence-electron chi connectivity index (χ1n) is 6.48. The van der Waals surface area contributed by atoms with Gasteiger partial charge in [-0.05, 0) is 25.7 Å². The van der Waals surface area contributed by atoms with E-state index in [1.54, 1.807) is 19.5 Å². The minimum absolute atomic E-state index is 0.402. The van der Waals surface area contributed by atoms with Gasteiger partial charge in [0.1, 0.15) is 0 Å². The first-order chi connectivity index (χ1) is 8.79. The molecule has 100 valence electrons. The van der Waals surface area contributed by atoms with E-state index >= 15 is 0 Å². The Hall–Kier alpha value is -1.36. The predicted molar refractivity (Wildman–Crippen MR) is 70.1 cm³/mol. The van der Waals surface area contributed by atoms with Crippen LogP contribution in [0.25, 0.3) is 0 Å². The molecule has 0 aliphatic carbocycles. The molecule has 0 spiro atoms. The summed E-state index contributed by atoms with van der Waals surface area (Å²) in [4.78, 5) is 10.6. The number of aromatic nitrogens is 2. The maximum absolute atomic E-state index is 5.71. The topological polar surface area (TPSA) is 47.5 Å². The van der Waals surface area contributed by atoms with Crippen LogP contribution in [0.5, 0.6) is 5.75 Å². The van der Waals surface area contributed by atoms with E-state index in [1.165, 1.54) is 19.3 Å². The van der Waals surface area contributed by atoms with E-state index in [2.05, 4.69) is 14.9 Å². The van der Waals surface area contributed by atoms with Crippen LogP contribution in [0.2, 0.25) is 0 Å². The zero-order chi connectivity index (χ0) is 12.8. The highest BCUT2D eigenvalue weighted by Gasteiger charge is 2.15. The van der Waals surface area contributed by atoms with Crippen molar-refractivity contribution in [3.05, 3.63) is 12.4 Å². The van der Waals surface area contributed by atoms with E-state index in [-0.39, 0.29) is 0 Å². The molecule has 1 unspecified atom stereocenters. The molecular weight excluding hydrogens is 230 g/mol. The second-order valence-corrected chi connectivity index (χ2v) is 4.62. The smallest absolute Gasteiger partial charge is 0.225 e. The lowest BCUT2D eigenvalue weighted by Gasteiger charge is -2.25. The number of rotatable bonds is 5. The summed E-state index contributed by atoms with van der Waals surface area (Å²) >= 11 is 0. The Labute approximate surface area is 108 Å². The molecule has 0 amide bonds. The molecule has 18 heavy (non-hydrogen) atoms. The van der Waals surface area contributed by atoms with E-state index in [4.69, 9.17) is 9.47 Å². The minimum Gasteiger partial charge on any atom is -0.494 e. The number of anilines is 1. The second kappa shape index (κ2) is 6.54. The maximum atomic E-state index is 5.71. The van der Waals surface area contributed by atoms with Gasteiger partial charge in [-0.3, -0.25) is 0 Å². The Morgan fingerprint density at radius 2 is 2.17 bits per heavy atom. The minimum atomic E-state index is 0.402. The quantitative estimate of drug-likeness (QED) is 0.799. The maximum Gasteiger partial charge on any atom is 0.225 e. The summed E-state index contributed by atoms with van der Waals surface area (Å²) in [7, 11) is 3.62. The molecule has 1 saturated heterocycles. The van der Waals surface area contributed by atoms with Crippen LogP contribution in [-0.4, -0.2) is 43.4 Å². The Kier molecular flexibility index (Phi) is 4.75. The lowest BCUT2D eigenvalue weighted by molar-refractivity contribution is 0.0126. The molecule has 0 radical (unpaired) electrons. The molecule has 0 saturated carbocycles. The van der Waals surface area contributed by atoms with E-state index in [1.807, 2.05) is 7.05 Å². The normalized spacial score (nSPS) is 19.6. The fourth-order valence-corrected chi connectivity index (χ4v) is 2.08. The van der Waals surface area contributed by atoms with Crippen molar-refractivity contribution < 1.29 is 9.47 Å². The third kappa shape index (κ3) is 3.57. The van der Waals surface area contributed by atoms with Crippen molar-refractivity contribution in [2.75, 3.05) is 32.2 Å². The summed E-state index contributed by atoms with van der Waals surface area (Å²) in [5.74, 6) is 1.41. The molecule has 1 aliphatic heterocycles. The van der Waals surface area contributed by atoms with E-state index < -0.39 is 0 Å². The van der Waals surface area contributed by atoms with Crippen molar-refractivity contribution >= 4 is 5.95 Å². The van der Waals surface area contributed by atoms with Crippen LogP contribution >= 0.6 is 0 Å². The van der Waals surface area contributed by atoms with Crippen molar-refractivity contribution in [3.8, 4) is 5.75 Å². The molecule has 5 nitrogen and oxygen atoms in total. The molecular formula is C13H21N3O2. The van der Waals surface area contributed by atoms with Gasteiger partial charge < -0.3 is 14.4 Å². The molecule has 0 bridgehead atoms. The number of nitrogens with zero attached hydrogens (tertiary/aromatic N) is 3. The highest BCUT2D eigenvalue weighted by molar-refractivity contribution is 5.29. The average molecular weight is 251 g/mol. The van der Waals surface area contributed by atoms with Gasteiger partial charge in [0.2, 0.25) is 5.95 Å². The van der Waals surface area contributed by atoms with Crippen molar-refractivity contribution in [3.63, 3.8) is 0 Å². The number of methoxy groups -OCH3 is 1. The Balaban J connectivity index is 1.80. The third-order valence-corrected chi connectivity index (χ3v) is 3.25. The molecule has 2 rings (SSSR count). The Morgan fingerprint density at radius 1 is 1.39 bits per heavy atom. The van der Waals surface area contributed by atoms with Crippen LogP contribution in [0, 0.1) is 0 Å². The molecule has 2 heterocycles. The van der Waals surface area contributed by atoms with Gasteiger partial charge in [-0.25, -0.2) is 9.97 Å². The fourth-order valence-electron chi connectivity index (χ4n) is 2.08. The first-order valence-corrected chi connectivity index (χ1v) is 6.48. The molecule has 1 fully saturated rings. The van der Waals surface area contributed by atoms with Crippen molar-refractivity contribution in [1.29, 1.82) is 0 Å². The summed E-state index contributed by atoms with van der Waals surface area (Å²) in [6, 6.07) is 0. The lowest BCUT2D eigenvalue weighted by atomic mass is 10.1. The van der Waals surface area contributed by atoms with Gasteiger partial charge >= 0.3 is 0 Å². The van der Waals surface area contributed by atoms with E-state index in [0.717, 1.165) is 25.5 Å². The Bertz CT molecular complexity index is 350. The number of hydrogen-bond acceptors (Lipinski definition) is 5. The molecule has 5 heteroatoms. The summed E-state index contributed by atoms with van der Waals surface area (Å²) in [5, 5.41) is 0. The zero-order valence-corrected chi connectivity index (χ0v) is 11.1. The molecule has 0 aromatic carbocycles. The zero-order valence-electron chi connectivity index (χ0n) is 11.1. The predicted octanol–water partition coefficient (Wildman–Crippen LogP) is 1.88. The van der Waals surface area contributed by atoms with Gasteiger partial charge in [-0.1, -0.05) is 0 Å². The molecule has 1 aromatic rings. The van der Waals surface area contributed by atoms with Gasteiger partial charge in [-0.15, -0.1) is 0 Å². The van der Waals surface area contributed by atoms with Crippen LogP contribution in [-0.2, 0) is 4.74 Å². The SMILES string of the molecule is COc1cnc(N(C)CCC2CCCCO2)nc1. The molecule has 1 aromatic heterocycles.